The third-order valence-corrected chi connectivity index (χ3v) is 5.61. The van der Waals surface area contributed by atoms with Crippen molar-refractivity contribution in [1.82, 2.24) is 25.6 Å². The molecule has 1 aliphatic rings. The monoisotopic (exact) mass is 492 g/mol. The summed E-state index contributed by atoms with van der Waals surface area (Å²) in [5.74, 6) is 0.526. The average Bonchev–Trinajstić information content (AvgIpc) is 3.28. The van der Waals surface area contributed by atoms with E-state index in [1.54, 1.807) is 6.07 Å². The van der Waals surface area contributed by atoms with Crippen LogP contribution in [0.25, 0.3) is 0 Å². The highest BCUT2D eigenvalue weighted by Crippen LogP contribution is 2.25. The first-order valence-electron chi connectivity index (χ1n) is 11.0. The van der Waals surface area contributed by atoms with Crippen molar-refractivity contribution in [3.05, 3.63) is 29.3 Å². The molecular formula is C21H29ClN8O2S. The minimum Gasteiger partial charge on any atom is -0.481 e. The number of benzene rings is 1. The number of hydrogen-bond acceptors (Lipinski definition) is 8. The van der Waals surface area contributed by atoms with E-state index in [-0.39, 0.29) is 6.42 Å². The standard InChI is InChI=1S/C21H29ClN8O2S/c22-15-8-3-4-9-16(15)27-20-29-18(28-19(30-20)26-14-6-1-2-7-14)23-11-5-12-24-21(33)25-13-10-17(31)32/h3-4,8-9,14H,1-2,5-7,10-13H2,(H,31,32)(H2,24,25,33)(H3,23,26,27,28,29,30). The molecule has 1 aromatic carbocycles. The Balaban J connectivity index is 1.54. The van der Waals surface area contributed by atoms with Gasteiger partial charge in [-0.15, -0.1) is 0 Å². The van der Waals surface area contributed by atoms with E-state index in [2.05, 4.69) is 41.5 Å². The predicted molar refractivity (Wildman–Crippen MR) is 134 cm³/mol. The first-order valence-corrected chi connectivity index (χ1v) is 11.8. The summed E-state index contributed by atoms with van der Waals surface area (Å²) < 4.78 is 0. The molecule has 0 atom stereocenters. The highest BCUT2D eigenvalue weighted by atomic mass is 35.5. The van der Waals surface area contributed by atoms with Crippen molar-refractivity contribution < 1.29 is 9.90 Å². The van der Waals surface area contributed by atoms with Gasteiger partial charge in [-0.1, -0.05) is 36.6 Å². The van der Waals surface area contributed by atoms with Crippen molar-refractivity contribution in [3.8, 4) is 0 Å². The number of halogens is 1. The number of aliphatic carboxylic acids is 1. The number of para-hydroxylation sites is 1. The van der Waals surface area contributed by atoms with Gasteiger partial charge in [0.1, 0.15) is 0 Å². The summed E-state index contributed by atoms with van der Waals surface area (Å²) in [6.45, 7) is 1.53. The molecule has 0 aliphatic heterocycles. The Labute approximate surface area is 203 Å². The fourth-order valence-corrected chi connectivity index (χ4v) is 3.73. The van der Waals surface area contributed by atoms with Gasteiger partial charge in [0, 0.05) is 25.7 Å². The van der Waals surface area contributed by atoms with E-state index < -0.39 is 5.97 Å². The van der Waals surface area contributed by atoms with Crippen molar-refractivity contribution >= 4 is 58.4 Å². The van der Waals surface area contributed by atoms with E-state index in [0.717, 1.165) is 24.9 Å². The number of carbonyl (C=O) groups is 1. The zero-order chi connectivity index (χ0) is 23.5. The third kappa shape index (κ3) is 8.85. The average molecular weight is 493 g/mol. The molecule has 0 unspecified atom stereocenters. The van der Waals surface area contributed by atoms with Crippen LogP contribution in [0, 0.1) is 0 Å². The summed E-state index contributed by atoms with van der Waals surface area (Å²) in [5.41, 5.74) is 0.719. The Morgan fingerprint density at radius 2 is 1.73 bits per heavy atom. The molecule has 0 radical (unpaired) electrons. The van der Waals surface area contributed by atoms with Crippen LogP contribution in [0.2, 0.25) is 5.02 Å². The molecular weight excluding hydrogens is 464 g/mol. The number of aromatic nitrogens is 3. The minimum absolute atomic E-state index is 0.0184. The van der Waals surface area contributed by atoms with Gasteiger partial charge in [0.05, 0.1) is 17.1 Å². The lowest BCUT2D eigenvalue weighted by Gasteiger charge is -2.15. The maximum atomic E-state index is 10.5. The second-order valence-corrected chi connectivity index (χ2v) is 8.46. The Hall–Kier alpha value is -2.92. The summed E-state index contributed by atoms with van der Waals surface area (Å²) in [5, 5.41) is 25.4. The lowest BCUT2D eigenvalue weighted by Crippen LogP contribution is -2.37. The topological polar surface area (TPSA) is 136 Å². The van der Waals surface area contributed by atoms with Crippen LogP contribution in [0.3, 0.4) is 0 Å². The molecule has 1 heterocycles. The van der Waals surface area contributed by atoms with E-state index in [1.807, 2.05) is 18.2 Å². The van der Waals surface area contributed by atoms with Crippen LogP contribution in [0.1, 0.15) is 38.5 Å². The molecule has 12 heteroatoms. The van der Waals surface area contributed by atoms with Gasteiger partial charge < -0.3 is 31.7 Å². The summed E-state index contributed by atoms with van der Waals surface area (Å²) in [4.78, 5) is 24.0. The second-order valence-electron chi connectivity index (χ2n) is 7.64. The second kappa shape index (κ2) is 12.9. The summed E-state index contributed by atoms with van der Waals surface area (Å²) in [6.07, 6.45) is 5.40. The molecule has 178 valence electrons. The molecule has 0 spiro atoms. The van der Waals surface area contributed by atoms with Gasteiger partial charge in [-0.05, 0) is 43.6 Å². The number of hydrogen-bond donors (Lipinski definition) is 6. The van der Waals surface area contributed by atoms with Crippen LogP contribution in [-0.4, -0.2) is 56.8 Å². The van der Waals surface area contributed by atoms with Crippen LogP contribution in [-0.2, 0) is 4.79 Å². The van der Waals surface area contributed by atoms with Crippen molar-refractivity contribution in [2.75, 3.05) is 35.6 Å². The van der Waals surface area contributed by atoms with E-state index in [0.29, 0.717) is 53.7 Å². The molecule has 10 nitrogen and oxygen atoms in total. The highest BCUT2D eigenvalue weighted by molar-refractivity contribution is 7.80. The lowest BCUT2D eigenvalue weighted by atomic mass is 10.3. The number of carboxylic acids is 1. The molecule has 6 N–H and O–H groups in total. The van der Waals surface area contributed by atoms with Crippen LogP contribution >= 0.6 is 23.8 Å². The maximum Gasteiger partial charge on any atom is 0.305 e. The van der Waals surface area contributed by atoms with Gasteiger partial charge in [0.15, 0.2) is 5.11 Å². The molecule has 0 bridgehead atoms. The van der Waals surface area contributed by atoms with Crippen LogP contribution in [0.5, 0.6) is 0 Å². The molecule has 1 saturated carbocycles. The molecule has 0 amide bonds. The number of carboxylic acid groups (broad SMARTS) is 1. The minimum atomic E-state index is -0.864. The van der Waals surface area contributed by atoms with Crippen LogP contribution < -0.4 is 26.6 Å². The molecule has 3 rings (SSSR count). The Kier molecular flexibility index (Phi) is 9.70. The van der Waals surface area contributed by atoms with Gasteiger partial charge in [0.25, 0.3) is 0 Å². The Morgan fingerprint density at radius 3 is 2.48 bits per heavy atom. The first kappa shape index (κ1) is 24.7. The van der Waals surface area contributed by atoms with Crippen molar-refractivity contribution in [2.24, 2.45) is 0 Å². The number of rotatable bonds is 12. The Bertz CT molecular complexity index is 942. The fourth-order valence-electron chi connectivity index (χ4n) is 3.35. The predicted octanol–water partition coefficient (Wildman–Crippen LogP) is 3.36. The Morgan fingerprint density at radius 1 is 1.03 bits per heavy atom. The molecule has 1 aromatic heterocycles. The third-order valence-electron chi connectivity index (χ3n) is 4.99. The van der Waals surface area contributed by atoms with Crippen molar-refractivity contribution in [3.63, 3.8) is 0 Å². The molecule has 1 fully saturated rings. The molecule has 1 aliphatic carbocycles. The lowest BCUT2D eigenvalue weighted by molar-refractivity contribution is -0.136. The summed E-state index contributed by atoms with van der Waals surface area (Å²) >= 11 is 11.4. The summed E-state index contributed by atoms with van der Waals surface area (Å²) in [7, 11) is 0. The first-order chi connectivity index (χ1) is 16.0. The van der Waals surface area contributed by atoms with Gasteiger partial charge in [-0.2, -0.15) is 15.0 Å². The summed E-state index contributed by atoms with van der Waals surface area (Å²) in [6, 6.07) is 7.79. The normalized spacial score (nSPS) is 13.4. The quantitative estimate of drug-likeness (QED) is 0.192. The van der Waals surface area contributed by atoms with Gasteiger partial charge in [0.2, 0.25) is 17.8 Å². The molecule has 0 saturated heterocycles. The van der Waals surface area contributed by atoms with E-state index in [4.69, 9.17) is 28.9 Å². The van der Waals surface area contributed by atoms with Gasteiger partial charge in [-0.3, -0.25) is 4.79 Å². The number of anilines is 4. The molecule has 33 heavy (non-hydrogen) atoms. The number of nitrogens with zero attached hydrogens (tertiary/aromatic N) is 3. The largest absolute Gasteiger partial charge is 0.481 e. The fraction of sp³-hybridized carbons (Fsp3) is 0.476. The van der Waals surface area contributed by atoms with Crippen molar-refractivity contribution in [2.45, 2.75) is 44.6 Å². The van der Waals surface area contributed by atoms with Crippen molar-refractivity contribution in [1.29, 1.82) is 0 Å². The highest BCUT2D eigenvalue weighted by Gasteiger charge is 2.17. The van der Waals surface area contributed by atoms with E-state index in [9.17, 15) is 4.79 Å². The zero-order valence-corrected chi connectivity index (χ0v) is 19.8. The van der Waals surface area contributed by atoms with E-state index in [1.165, 1.54) is 12.8 Å². The SMILES string of the molecule is O=C(O)CCNC(=S)NCCCNc1nc(Nc2ccccc2Cl)nc(NC2CCCC2)n1. The molecule has 2 aromatic rings. The van der Waals surface area contributed by atoms with E-state index >= 15 is 0 Å². The van der Waals surface area contributed by atoms with Crippen LogP contribution in [0.4, 0.5) is 23.5 Å². The smallest absolute Gasteiger partial charge is 0.305 e. The maximum absolute atomic E-state index is 10.5. The van der Waals surface area contributed by atoms with Gasteiger partial charge in [-0.25, -0.2) is 0 Å². The number of nitrogens with one attached hydrogen (secondary N) is 5. The van der Waals surface area contributed by atoms with Gasteiger partial charge >= 0.3 is 5.97 Å². The van der Waals surface area contributed by atoms with Crippen LogP contribution in [0.15, 0.2) is 24.3 Å². The zero-order valence-electron chi connectivity index (χ0n) is 18.2. The number of thiocarbonyl (C=S) groups is 1.